The summed E-state index contributed by atoms with van der Waals surface area (Å²) in [5.74, 6) is -2.82. The molecule has 1 aliphatic rings. The molecule has 7 nitrogen and oxygen atoms in total. The number of carbonyl (C=O) groups excluding carboxylic acids is 2. The Balaban J connectivity index is 1.72. The van der Waals surface area contributed by atoms with Gasteiger partial charge in [-0.1, -0.05) is 44.2 Å². The summed E-state index contributed by atoms with van der Waals surface area (Å²) in [7, 11) is -4.04. The maximum absolute atomic E-state index is 13.5. The monoisotopic (exact) mass is 479 g/mol. The molecule has 1 heterocycles. The average Bonchev–Trinajstić information content (AvgIpc) is 2.79. The minimum Gasteiger partial charge on any atom is -0.341 e. The molecule has 1 aliphatic heterocycles. The summed E-state index contributed by atoms with van der Waals surface area (Å²) in [5.41, 5.74) is 0.636. The average molecular weight is 480 g/mol. The first-order valence-electron chi connectivity index (χ1n) is 10.7. The molecule has 1 unspecified atom stereocenters. The standard InChI is InChI=1S/C23H27F2N3O4S/c1-16(2)14-21(29)26-22(17-6-4-3-5-7-17)23(30)27-10-12-28(13-11-27)33(31,32)18-8-9-19(24)20(25)15-18/h3-9,15-16,22H,10-14H2,1-2H3,(H,26,29). The number of nitrogens with one attached hydrogen (secondary N) is 1. The van der Waals surface area contributed by atoms with Gasteiger partial charge in [0.25, 0.3) is 0 Å². The van der Waals surface area contributed by atoms with E-state index in [0.29, 0.717) is 11.6 Å². The van der Waals surface area contributed by atoms with Crippen LogP contribution in [0.2, 0.25) is 0 Å². The smallest absolute Gasteiger partial charge is 0.249 e. The fourth-order valence-electron chi connectivity index (χ4n) is 3.64. The van der Waals surface area contributed by atoms with E-state index in [4.69, 9.17) is 0 Å². The summed E-state index contributed by atoms with van der Waals surface area (Å²) < 4.78 is 53.5. The summed E-state index contributed by atoms with van der Waals surface area (Å²) in [6.45, 7) is 4.01. The molecule has 0 bridgehead atoms. The van der Waals surface area contributed by atoms with Crippen molar-refractivity contribution in [2.24, 2.45) is 5.92 Å². The van der Waals surface area contributed by atoms with Crippen LogP contribution in [-0.2, 0) is 19.6 Å². The van der Waals surface area contributed by atoms with Crippen molar-refractivity contribution >= 4 is 21.8 Å². The van der Waals surface area contributed by atoms with Gasteiger partial charge in [-0.05, 0) is 29.7 Å². The van der Waals surface area contributed by atoms with Crippen LogP contribution in [0.25, 0.3) is 0 Å². The van der Waals surface area contributed by atoms with Crippen molar-refractivity contribution in [1.82, 2.24) is 14.5 Å². The Kier molecular flexibility index (Phi) is 7.80. The van der Waals surface area contributed by atoms with E-state index in [1.54, 1.807) is 24.3 Å². The van der Waals surface area contributed by atoms with E-state index in [1.165, 1.54) is 4.90 Å². The fourth-order valence-corrected chi connectivity index (χ4v) is 5.08. The Labute approximate surface area is 192 Å². The summed E-state index contributed by atoms with van der Waals surface area (Å²) in [5, 5.41) is 2.80. The number of carbonyl (C=O) groups is 2. The fraction of sp³-hybridized carbons (Fsp3) is 0.391. The lowest BCUT2D eigenvalue weighted by molar-refractivity contribution is -0.137. The second kappa shape index (κ2) is 10.4. The maximum Gasteiger partial charge on any atom is 0.249 e. The van der Waals surface area contributed by atoms with Crippen LogP contribution in [0.3, 0.4) is 0 Å². The van der Waals surface area contributed by atoms with E-state index in [0.717, 1.165) is 16.4 Å². The molecule has 2 aromatic rings. The predicted molar refractivity (Wildman–Crippen MR) is 118 cm³/mol. The van der Waals surface area contributed by atoms with Crippen molar-refractivity contribution in [3.8, 4) is 0 Å². The van der Waals surface area contributed by atoms with Gasteiger partial charge in [0.15, 0.2) is 11.6 Å². The minimum atomic E-state index is -4.04. The lowest BCUT2D eigenvalue weighted by Crippen LogP contribution is -2.53. The number of amides is 2. The third kappa shape index (κ3) is 5.94. The molecule has 0 saturated carbocycles. The van der Waals surface area contributed by atoms with E-state index in [2.05, 4.69) is 5.32 Å². The van der Waals surface area contributed by atoms with Gasteiger partial charge in [0.1, 0.15) is 6.04 Å². The highest BCUT2D eigenvalue weighted by Crippen LogP contribution is 2.22. The molecule has 33 heavy (non-hydrogen) atoms. The van der Waals surface area contributed by atoms with E-state index >= 15 is 0 Å². The lowest BCUT2D eigenvalue weighted by Gasteiger charge is -2.36. The Bertz CT molecular complexity index is 1100. The Morgan fingerprint density at radius 2 is 1.61 bits per heavy atom. The van der Waals surface area contributed by atoms with Crippen molar-refractivity contribution in [3.05, 3.63) is 65.7 Å². The van der Waals surface area contributed by atoms with Crippen LogP contribution in [0, 0.1) is 17.6 Å². The number of piperazine rings is 1. The molecule has 10 heteroatoms. The van der Waals surface area contributed by atoms with E-state index in [1.807, 2.05) is 19.9 Å². The summed E-state index contributed by atoms with van der Waals surface area (Å²) in [4.78, 5) is 26.8. The summed E-state index contributed by atoms with van der Waals surface area (Å²) in [6, 6.07) is 10.4. The molecule has 1 atom stereocenters. The summed E-state index contributed by atoms with van der Waals surface area (Å²) in [6.07, 6.45) is 0.275. The van der Waals surface area contributed by atoms with Crippen molar-refractivity contribution in [2.75, 3.05) is 26.2 Å². The number of halogens is 2. The third-order valence-corrected chi connectivity index (χ3v) is 7.25. The number of sulfonamides is 1. The first-order chi connectivity index (χ1) is 15.6. The zero-order valence-corrected chi connectivity index (χ0v) is 19.3. The molecule has 178 valence electrons. The van der Waals surface area contributed by atoms with Crippen LogP contribution in [0.4, 0.5) is 8.78 Å². The number of nitrogens with zero attached hydrogens (tertiary/aromatic N) is 2. The van der Waals surface area contributed by atoms with Gasteiger partial charge in [-0.15, -0.1) is 0 Å². The van der Waals surface area contributed by atoms with Gasteiger partial charge in [0.05, 0.1) is 4.90 Å². The quantitative estimate of drug-likeness (QED) is 0.662. The van der Waals surface area contributed by atoms with Crippen LogP contribution < -0.4 is 5.32 Å². The van der Waals surface area contributed by atoms with E-state index < -0.39 is 27.7 Å². The van der Waals surface area contributed by atoms with Gasteiger partial charge in [-0.2, -0.15) is 4.31 Å². The van der Waals surface area contributed by atoms with Crippen LogP contribution in [0.15, 0.2) is 53.4 Å². The van der Waals surface area contributed by atoms with Gasteiger partial charge >= 0.3 is 0 Å². The van der Waals surface area contributed by atoms with Crippen LogP contribution >= 0.6 is 0 Å². The molecule has 1 saturated heterocycles. The molecule has 0 aromatic heterocycles. The molecule has 2 aromatic carbocycles. The van der Waals surface area contributed by atoms with Gasteiger partial charge in [-0.3, -0.25) is 9.59 Å². The number of benzene rings is 2. The van der Waals surface area contributed by atoms with Gasteiger partial charge in [0.2, 0.25) is 21.8 Å². The van der Waals surface area contributed by atoms with Gasteiger partial charge in [0, 0.05) is 32.6 Å². The summed E-state index contributed by atoms with van der Waals surface area (Å²) >= 11 is 0. The molecule has 0 spiro atoms. The zero-order chi connectivity index (χ0) is 24.2. The number of hydrogen-bond donors (Lipinski definition) is 1. The first kappa shape index (κ1) is 24.8. The number of rotatable bonds is 7. The highest BCUT2D eigenvalue weighted by atomic mass is 32.2. The molecule has 3 rings (SSSR count). The molecular formula is C23H27F2N3O4S. The molecular weight excluding hydrogens is 452 g/mol. The van der Waals surface area contributed by atoms with Gasteiger partial charge < -0.3 is 10.2 Å². The largest absolute Gasteiger partial charge is 0.341 e. The number of hydrogen-bond acceptors (Lipinski definition) is 4. The minimum absolute atomic E-state index is 0.00544. The van der Waals surface area contributed by atoms with Crippen LogP contribution in [0.1, 0.15) is 31.9 Å². The van der Waals surface area contributed by atoms with Crippen molar-refractivity contribution in [2.45, 2.75) is 31.2 Å². The zero-order valence-electron chi connectivity index (χ0n) is 18.5. The molecule has 0 aliphatic carbocycles. The van der Waals surface area contributed by atoms with Crippen molar-refractivity contribution in [1.29, 1.82) is 0 Å². The lowest BCUT2D eigenvalue weighted by atomic mass is 10.0. The van der Waals surface area contributed by atoms with Crippen molar-refractivity contribution in [3.63, 3.8) is 0 Å². The topological polar surface area (TPSA) is 86.8 Å². The highest BCUT2D eigenvalue weighted by Gasteiger charge is 2.34. The predicted octanol–water partition coefficient (Wildman–Crippen LogP) is 2.70. The van der Waals surface area contributed by atoms with Crippen LogP contribution in [-0.4, -0.2) is 55.6 Å². The Hall–Kier alpha value is -2.85. The normalized spacial score (nSPS) is 16.0. The molecule has 1 N–H and O–H groups in total. The Morgan fingerprint density at radius 3 is 2.18 bits per heavy atom. The van der Waals surface area contributed by atoms with Crippen LogP contribution in [0.5, 0.6) is 0 Å². The molecule has 1 fully saturated rings. The van der Waals surface area contributed by atoms with E-state index in [9.17, 15) is 26.8 Å². The molecule has 2 amide bonds. The third-order valence-electron chi connectivity index (χ3n) is 5.36. The Morgan fingerprint density at radius 1 is 0.970 bits per heavy atom. The molecule has 0 radical (unpaired) electrons. The second-order valence-corrected chi connectivity index (χ2v) is 10.3. The highest BCUT2D eigenvalue weighted by molar-refractivity contribution is 7.89. The SMILES string of the molecule is CC(C)CC(=O)NC(C(=O)N1CCN(S(=O)(=O)c2ccc(F)c(F)c2)CC1)c1ccccc1. The van der Waals surface area contributed by atoms with E-state index in [-0.39, 0.29) is 55.2 Å². The second-order valence-electron chi connectivity index (χ2n) is 8.31. The van der Waals surface area contributed by atoms with Gasteiger partial charge in [-0.25, -0.2) is 17.2 Å². The maximum atomic E-state index is 13.5. The first-order valence-corrected chi connectivity index (χ1v) is 12.1. The van der Waals surface area contributed by atoms with Crippen molar-refractivity contribution < 1.29 is 26.8 Å².